The van der Waals surface area contributed by atoms with Gasteiger partial charge in [-0.1, -0.05) is 31.2 Å². The van der Waals surface area contributed by atoms with Crippen molar-refractivity contribution in [2.45, 2.75) is 37.8 Å². The average molecular weight is 455 g/mol. The van der Waals surface area contributed by atoms with Gasteiger partial charge in [0.25, 0.3) is 0 Å². The maximum absolute atomic E-state index is 12.6. The van der Waals surface area contributed by atoms with Crippen molar-refractivity contribution in [2.75, 3.05) is 26.7 Å². The van der Waals surface area contributed by atoms with E-state index in [-0.39, 0.29) is 17.3 Å². The zero-order valence-corrected chi connectivity index (χ0v) is 19.4. The average Bonchev–Trinajstić information content (AvgIpc) is 2.78. The fourth-order valence-electron chi connectivity index (χ4n) is 3.88. The maximum Gasteiger partial charge on any atom is 0.243 e. The molecule has 0 bridgehead atoms. The molecule has 1 aliphatic rings. The summed E-state index contributed by atoms with van der Waals surface area (Å²) in [6.07, 6.45) is 2.56. The van der Waals surface area contributed by atoms with Gasteiger partial charge in [0.2, 0.25) is 15.9 Å². The van der Waals surface area contributed by atoms with Crippen LogP contribution in [-0.2, 0) is 27.9 Å². The number of likely N-dealkylation sites (tertiary alicyclic amines) is 1. The number of sulfonamides is 1. The van der Waals surface area contributed by atoms with Crippen LogP contribution in [0.3, 0.4) is 0 Å². The predicted molar refractivity (Wildman–Crippen MR) is 123 cm³/mol. The van der Waals surface area contributed by atoms with E-state index in [4.69, 9.17) is 5.26 Å². The molecule has 1 fully saturated rings. The van der Waals surface area contributed by atoms with Gasteiger partial charge in [0, 0.05) is 26.7 Å². The molecule has 1 aliphatic heterocycles. The second-order valence-corrected chi connectivity index (χ2v) is 10.5. The number of hydrogen-bond donors (Lipinski definition) is 1. The summed E-state index contributed by atoms with van der Waals surface area (Å²) in [6.45, 7) is 5.57. The number of hydrogen-bond acceptors (Lipinski definition) is 5. The first-order valence-corrected chi connectivity index (χ1v) is 12.3. The summed E-state index contributed by atoms with van der Waals surface area (Å²) in [6, 6.07) is 15.7. The van der Waals surface area contributed by atoms with E-state index in [2.05, 4.69) is 29.3 Å². The zero-order valence-electron chi connectivity index (χ0n) is 18.6. The van der Waals surface area contributed by atoms with Crippen molar-refractivity contribution < 1.29 is 13.2 Å². The molecule has 3 rings (SSSR count). The van der Waals surface area contributed by atoms with Gasteiger partial charge in [0.1, 0.15) is 0 Å². The lowest BCUT2D eigenvalue weighted by atomic mass is 9.99. The normalized spacial score (nSPS) is 17.1. The van der Waals surface area contributed by atoms with E-state index in [1.54, 1.807) is 0 Å². The number of benzene rings is 2. The molecule has 1 atom stereocenters. The highest BCUT2D eigenvalue weighted by molar-refractivity contribution is 7.89. The summed E-state index contributed by atoms with van der Waals surface area (Å²) >= 11 is 0. The number of nitrogens with zero attached hydrogens (tertiary/aromatic N) is 3. The first-order valence-electron chi connectivity index (χ1n) is 10.8. The van der Waals surface area contributed by atoms with Crippen LogP contribution in [0.1, 0.15) is 36.5 Å². The Balaban J connectivity index is 1.49. The summed E-state index contributed by atoms with van der Waals surface area (Å²) in [5.41, 5.74) is 2.59. The van der Waals surface area contributed by atoms with E-state index in [1.807, 2.05) is 18.2 Å². The van der Waals surface area contributed by atoms with Crippen LogP contribution in [0, 0.1) is 17.2 Å². The molecule has 2 aromatic rings. The van der Waals surface area contributed by atoms with Crippen LogP contribution in [0.15, 0.2) is 53.4 Å². The predicted octanol–water partition coefficient (Wildman–Crippen LogP) is 2.73. The molecule has 1 saturated heterocycles. The van der Waals surface area contributed by atoms with E-state index in [1.165, 1.54) is 49.7 Å². The fraction of sp³-hybridized carbons (Fsp3) is 0.417. The lowest BCUT2D eigenvalue weighted by molar-refractivity contribution is -0.121. The molecule has 8 heteroatoms. The molecule has 0 aliphatic carbocycles. The van der Waals surface area contributed by atoms with E-state index in [0.717, 1.165) is 35.4 Å². The Labute approximate surface area is 190 Å². The number of carbonyl (C=O) groups excluding carboxylic acids is 1. The smallest absolute Gasteiger partial charge is 0.243 e. The maximum atomic E-state index is 12.6. The summed E-state index contributed by atoms with van der Waals surface area (Å²) < 4.78 is 26.3. The highest BCUT2D eigenvalue weighted by Gasteiger charge is 2.23. The van der Waals surface area contributed by atoms with Gasteiger partial charge in [-0.25, -0.2) is 8.42 Å². The van der Waals surface area contributed by atoms with Crippen LogP contribution < -0.4 is 5.32 Å². The lowest BCUT2D eigenvalue weighted by Crippen LogP contribution is -2.38. The third-order valence-corrected chi connectivity index (χ3v) is 7.54. The van der Waals surface area contributed by atoms with Crippen molar-refractivity contribution in [1.82, 2.24) is 14.5 Å². The molecular formula is C24H30N4O3S. The van der Waals surface area contributed by atoms with Gasteiger partial charge in [0.15, 0.2) is 0 Å². The van der Waals surface area contributed by atoms with Crippen LogP contribution >= 0.6 is 0 Å². The number of rotatable bonds is 8. The molecule has 0 saturated carbocycles. The molecular weight excluding hydrogens is 424 g/mol. The molecule has 2 aromatic carbocycles. The van der Waals surface area contributed by atoms with Gasteiger partial charge in [-0.3, -0.25) is 9.69 Å². The van der Waals surface area contributed by atoms with E-state index in [0.29, 0.717) is 12.1 Å². The number of carbonyl (C=O) groups is 1. The summed E-state index contributed by atoms with van der Waals surface area (Å²) in [5, 5.41) is 11.6. The van der Waals surface area contributed by atoms with Crippen molar-refractivity contribution >= 4 is 15.9 Å². The van der Waals surface area contributed by atoms with Crippen molar-refractivity contribution in [1.29, 1.82) is 5.26 Å². The third kappa shape index (κ3) is 6.39. The second-order valence-electron chi connectivity index (χ2n) is 8.47. The van der Waals surface area contributed by atoms with Crippen LogP contribution in [0.2, 0.25) is 0 Å². The Morgan fingerprint density at radius 1 is 1.16 bits per heavy atom. The SMILES string of the molecule is CC1CCCN(Cc2ccc(CNC(=O)CN(C)S(=O)(=O)c3ccc(C#N)cc3)cc2)C1. The Morgan fingerprint density at radius 3 is 2.44 bits per heavy atom. The number of likely N-dealkylation sites (N-methyl/N-ethyl adjacent to an activating group) is 1. The molecule has 0 spiro atoms. The minimum atomic E-state index is -3.81. The number of nitrogens with one attached hydrogen (secondary N) is 1. The van der Waals surface area contributed by atoms with Crippen LogP contribution in [-0.4, -0.2) is 50.2 Å². The lowest BCUT2D eigenvalue weighted by Gasteiger charge is -2.30. The number of piperidine rings is 1. The number of nitriles is 1. The summed E-state index contributed by atoms with van der Waals surface area (Å²) in [4.78, 5) is 14.8. The van der Waals surface area contributed by atoms with Gasteiger partial charge >= 0.3 is 0 Å². The molecule has 1 amide bonds. The van der Waals surface area contributed by atoms with Gasteiger partial charge in [-0.05, 0) is 60.7 Å². The van der Waals surface area contributed by atoms with Crippen molar-refractivity contribution in [3.05, 3.63) is 65.2 Å². The highest BCUT2D eigenvalue weighted by Crippen LogP contribution is 2.18. The van der Waals surface area contributed by atoms with Crippen molar-refractivity contribution in [2.24, 2.45) is 5.92 Å². The Bertz CT molecular complexity index is 1060. The Morgan fingerprint density at radius 2 is 1.81 bits per heavy atom. The van der Waals surface area contributed by atoms with Crippen LogP contribution in [0.25, 0.3) is 0 Å². The Kier molecular flexibility index (Phi) is 8.02. The van der Waals surface area contributed by atoms with E-state index in [9.17, 15) is 13.2 Å². The van der Waals surface area contributed by atoms with Gasteiger partial charge in [-0.15, -0.1) is 0 Å². The van der Waals surface area contributed by atoms with Gasteiger partial charge in [-0.2, -0.15) is 9.57 Å². The Hall–Kier alpha value is -2.73. The van der Waals surface area contributed by atoms with Crippen LogP contribution in [0.5, 0.6) is 0 Å². The minimum Gasteiger partial charge on any atom is -0.351 e. The minimum absolute atomic E-state index is 0.0467. The molecule has 170 valence electrons. The molecule has 1 N–H and O–H groups in total. The quantitative estimate of drug-likeness (QED) is 0.662. The van der Waals surface area contributed by atoms with Crippen molar-refractivity contribution in [3.8, 4) is 6.07 Å². The second kappa shape index (κ2) is 10.7. The van der Waals surface area contributed by atoms with Gasteiger partial charge in [0.05, 0.1) is 23.1 Å². The van der Waals surface area contributed by atoms with Crippen LogP contribution in [0.4, 0.5) is 0 Å². The first kappa shape index (κ1) is 23.9. The molecule has 0 aromatic heterocycles. The molecule has 7 nitrogen and oxygen atoms in total. The third-order valence-electron chi connectivity index (χ3n) is 5.72. The standard InChI is InChI=1S/C24H30N4O3S/c1-19-4-3-13-28(16-19)17-22-7-5-21(6-8-22)15-26-24(29)18-27(2)32(30,31)23-11-9-20(14-25)10-12-23/h5-12,19H,3-4,13,15-18H2,1-2H3,(H,26,29). The van der Waals surface area contributed by atoms with Gasteiger partial charge < -0.3 is 5.32 Å². The van der Waals surface area contributed by atoms with E-state index < -0.39 is 10.0 Å². The van der Waals surface area contributed by atoms with E-state index >= 15 is 0 Å². The summed E-state index contributed by atoms with van der Waals surface area (Å²) in [5.74, 6) is 0.369. The summed E-state index contributed by atoms with van der Waals surface area (Å²) in [7, 11) is -2.44. The first-order chi connectivity index (χ1) is 15.3. The van der Waals surface area contributed by atoms with Crippen molar-refractivity contribution in [3.63, 3.8) is 0 Å². The molecule has 1 heterocycles. The number of amides is 1. The molecule has 0 radical (unpaired) electrons. The largest absolute Gasteiger partial charge is 0.351 e. The molecule has 1 unspecified atom stereocenters. The topological polar surface area (TPSA) is 93.5 Å². The highest BCUT2D eigenvalue weighted by atomic mass is 32.2. The monoisotopic (exact) mass is 454 g/mol. The molecule has 32 heavy (non-hydrogen) atoms. The fourth-order valence-corrected chi connectivity index (χ4v) is 5.00. The zero-order chi connectivity index (χ0) is 23.1.